The summed E-state index contributed by atoms with van der Waals surface area (Å²) in [6.45, 7) is 5.63. The Hall–Kier alpha value is -1.66. The van der Waals surface area contributed by atoms with Crippen LogP contribution in [0.25, 0.3) is 0 Å². The van der Waals surface area contributed by atoms with Crippen molar-refractivity contribution >= 4 is 11.7 Å². The van der Waals surface area contributed by atoms with Gasteiger partial charge in [0.2, 0.25) is 0 Å². The Morgan fingerprint density at radius 1 is 1.29 bits per heavy atom. The standard InChI is InChI=1S/C15H22FN3O2/c1-15(17,14(20)21)6-7-18-8-10-19(11-9-18)13-4-2-12(16)3-5-13/h2-5H,6-11,17H2,1H3,(H,20,21). The fourth-order valence-corrected chi connectivity index (χ4v) is 2.38. The van der Waals surface area contributed by atoms with Gasteiger partial charge in [-0.1, -0.05) is 0 Å². The van der Waals surface area contributed by atoms with E-state index in [0.717, 1.165) is 31.9 Å². The van der Waals surface area contributed by atoms with E-state index >= 15 is 0 Å². The molecule has 0 aromatic heterocycles. The van der Waals surface area contributed by atoms with E-state index in [1.807, 2.05) is 0 Å². The zero-order valence-electron chi connectivity index (χ0n) is 12.3. The molecule has 1 aliphatic heterocycles. The minimum absolute atomic E-state index is 0.228. The fourth-order valence-electron chi connectivity index (χ4n) is 2.38. The van der Waals surface area contributed by atoms with Crippen LogP contribution < -0.4 is 10.6 Å². The van der Waals surface area contributed by atoms with Gasteiger partial charge < -0.3 is 15.7 Å². The molecule has 2 rings (SSSR count). The fraction of sp³-hybridized carbons (Fsp3) is 0.533. The zero-order valence-corrected chi connectivity index (χ0v) is 12.3. The first kappa shape index (κ1) is 15.7. The SMILES string of the molecule is CC(N)(CCN1CCN(c2ccc(F)cc2)CC1)C(=O)O. The summed E-state index contributed by atoms with van der Waals surface area (Å²) in [5.41, 5.74) is 5.58. The summed E-state index contributed by atoms with van der Waals surface area (Å²) < 4.78 is 12.9. The summed E-state index contributed by atoms with van der Waals surface area (Å²) in [4.78, 5) is 15.4. The molecule has 1 aromatic carbocycles. The number of nitrogens with two attached hydrogens (primary N) is 1. The molecular formula is C15H22FN3O2. The van der Waals surface area contributed by atoms with Crippen LogP contribution in [-0.2, 0) is 4.79 Å². The van der Waals surface area contributed by atoms with E-state index in [2.05, 4.69) is 9.80 Å². The Balaban J connectivity index is 1.81. The van der Waals surface area contributed by atoms with E-state index < -0.39 is 11.5 Å². The lowest BCUT2D eigenvalue weighted by atomic mass is 9.99. The number of anilines is 1. The maximum absolute atomic E-state index is 12.9. The van der Waals surface area contributed by atoms with Crippen LogP contribution in [0.4, 0.5) is 10.1 Å². The Kier molecular flexibility index (Phi) is 4.80. The van der Waals surface area contributed by atoms with Gasteiger partial charge in [-0.05, 0) is 37.6 Å². The molecule has 3 N–H and O–H groups in total. The largest absolute Gasteiger partial charge is 0.480 e. The maximum atomic E-state index is 12.9. The van der Waals surface area contributed by atoms with E-state index in [1.165, 1.54) is 12.1 Å². The molecule has 0 spiro atoms. The highest BCUT2D eigenvalue weighted by Crippen LogP contribution is 2.17. The van der Waals surface area contributed by atoms with Crippen molar-refractivity contribution in [3.8, 4) is 0 Å². The highest BCUT2D eigenvalue weighted by Gasteiger charge is 2.28. The Bertz CT molecular complexity index is 482. The number of aliphatic carboxylic acids is 1. The topological polar surface area (TPSA) is 69.8 Å². The van der Waals surface area contributed by atoms with E-state index in [-0.39, 0.29) is 5.82 Å². The van der Waals surface area contributed by atoms with E-state index in [0.29, 0.717) is 13.0 Å². The molecule has 1 fully saturated rings. The summed E-state index contributed by atoms with van der Waals surface area (Å²) in [5.74, 6) is -1.19. The van der Waals surface area contributed by atoms with Crippen molar-refractivity contribution in [1.29, 1.82) is 0 Å². The van der Waals surface area contributed by atoms with Crippen LogP contribution in [0.1, 0.15) is 13.3 Å². The Morgan fingerprint density at radius 2 is 1.86 bits per heavy atom. The molecule has 116 valence electrons. The van der Waals surface area contributed by atoms with Crippen LogP contribution in [0.3, 0.4) is 0 Å². The quantitative estimate of drug-likeness (QED) is 0.852. The van der Waals surface area contributed by atoms with E-state index in [9.17, 15) is 9.18 Å². The first-order valence-electron chi connectivity index (χ1n) is 7.14. The van der Waals surface area contributed by atoms with Gasteiger partial charge in [0.15, 0.2) is 0 Å². The van der Waals surface area contributed by atoms with Crippen molar-refractivity contribution in [1.82, 2.24) is 4.90 Å². The molecule has 1 aliphatic rings. The van der Waals surface area contributed by atoms with Crippen LogP contribution in [0.15, 0.2) is 24.3 Å². The van der Waals surface area contributed by atoms with Gasteiger partial charge in [0.05, 0.1) is 0 Å². The molecule has 1 aromatic rings. The molecule has 0 radical (unpaired) electrons. The van der Waals surface area contributed by atoms with Crippen molar-refractivity contribution in [3.05, 3.63) is 30.1 Å². The third-order valence-electron chi connectivity index (χ3n) is 4.00. The lowest BCUT2D eigenvalue weighted by Crippen LogP contribution is -2.51. The molecule has 1 unspecified atom stereocenters. The van der Waals surface area contributed by atoms with E-state index in [4.69, 9.17) is 10.8 Å². The van der Waals surface area contributed by atoms with Crippen molar-refractivity contribution in [3.63, 3.8) is 0 Å². The molecule has 6 heteroatoms. The number of benzene rings is 1. The predicted octanol–water partition coefficient (Wildman–Crippen LogP) is 1.14. The molecule has 0 saturated carbocycles. The third kappa shape index (κ3) is 4.15. The molecule has 5 nitrogen and oxygen atoms in total. The monoisotopic (exact) mass is 295 g/mol. The molecule has 1 heterocycles. The maximum Gasteiger partial charge on any atom is 0.323 e. The summed E-state index contributed by atoms with van der Waals surface area (Å²) in [6, 6.07) is 6.50. The molecule has 1 saturated heterocycles. The smallest absolute Gasteiger partial charge is 0.323 e. The Morgan fingerprint density at radius 3 is 2.38 bits per heavy atom. The zero-order chi connectivity index (χ0) is 15.5. The lowest BCUT2D eigenvalue weighted by molar-refractivity contribution is -0.143. The van der Waals surface area contributed by atoms with Crippen LogP contribution in [-0.4, -0.2) is 54.2 Å². The van der Waals surface area contributed by atoms with Crippen LogP contribution in [0.2, 0.25) is 0 Å². The molecule has 0 bridgehead atoms. The van der Waals surface area contributed by atoms with Gasteiger partial charge >= 0.3 is 5.97 Å². The van der Waals surface area contributed by atoms with Crippen molar-refractivity contribution in [2.24, 2.45) is 5.73 Å². The van der Waals surface area contributed by atoms with Crippen LogP contribution in [0, 0.1) is 5.82 Å². The number of nitrogens with zero attached hydrogens (tertiary/aromatic N) is 2. The first-order valence-corrected chi connectivity index (χ1v) is 7.14. The van der Waals surface area contributed by atoms with Gasteiger partial charge in [-0.15, -0.1) is 0 Å². The Labute approximate surface area is 124 Å². The molecular weight excluding hydrogens is 273 g/mol. The minimum Gasteiger partial charge on any atom is -0.480 e. The number of carboxylic acid groups (broad SMARTS) is 1. The van der Waals surface area contributed by atoms with Gasteiger partial charge in [-0.3, -0.25) is 9.69 Å². The third-order valence-corrected chi connectivity index (χ3v) is 4.00. The van der Waals surface area contributed by atoms with Gasteiger partial charge in [0, 0.05) is 38.4 Å². The van der Waals surface area contributed by atoms with Crippen molar-refractivity contribution in [2.45, 2.75) is 18.9 Å². The highest BCUT2D eigenvalue weighted by molar-refractivity contribution is 5.77. The number of rotatable bonds is 5. The molecule has 0 amide bonds. The van der Waals surface area contributed by atoms with Crippen molar-refractivity contribution < 1.29 is 14.3 Å². The van der Waals surface area contributed by atoms with Gasteiger partial charge in [0.25, 0.3) is 0 Å². The van der Waals surface area contributed by atoms with Gasteiger partial charge in [-0.25, -0.2) is 4.39 Å². The first-order chi connectivity index (χ1) is 9.88. The second-order valence-corrected chi connectivity index (χ2v) is 5.78. The highest BCUT2D eigenvalue weighted by atomic mass is 19.1. The minimum atomic E-state index is -1.17. The average molecular weight is 295 g/mol. The number of halogens is 1. The second kappa shape index (κ2) is 6.41. The van der Waals surface area contributed by atoms with Gasteiger partial charge in [-0.2, -0.15) is 0 Å². The summed E-state index contributed by atoms with van der Waals surface area (Å²) in [5, 5.41) is 9.00. The average Bonchev–Trinajstić information content (AvgIpc) is 2.46. The summed E-state index contributed by atoms with van der Waals surface area (Å²) >= 11 is 0. The molecule has 1 atom stereocenters. The molecule has 0 aliphatic carbocycles. The number of carbonyl (C=O) groups is 1. The predicted molar refractivity (Wildman–Crippen MR) is 79.9 cm³/mol. The summed E-state index contributed by atoms with van der Waals surface area (Å²) in [6.07, 6.45) is 0.429. The van der Waals surface area contributed by atoms with Crippen LogP contribution >= 0.6 is 0 Å². The number of piperazine rings is 1. The summed E-state index contributed by atoms with van der Waals surface area (Å²) in [7, 11) is 0. The second-order valence-electron chi connectivity index (χ2n) is 5.78. The number of hydrogen-bond acceptors (Lipinski definition) is 4. The van der Waals surface area contributed by atoms with E-state index in [1.54, 1.807) is 19.1 Å². The lowest BCUT2D eigenvalue weighted by Gasteiger charge is -2.37. The van der Waals surface area contributed by atoms with Crippen molar-refractivity contribution in [2.75, 3.05) is 37.6 Å². The normalized spacial score (nSPS) is 19.3. The number of hydrogen-bond donors (Lipinski definition) is 2. The van der Waals surface area contributed by atoms with Crippen LogP contribution in [0.5, 0.6) is 0 Å². The molecule has 21 heavy (non-hydrogen) atoms. The number of carboxylic acids is 1. The van der Waals surface area contributed by atoms with Gasteiger partial charge in [0.1, 0.15) is 11.4 Å².